The van der Waals surface area contributed by atoms with Gasteiger partial charge in [0.1, 0.15) is 5.76 Å². The van der Waals surface area contributed by atoms with E-state index in [2.05, 4.69) is 52.5 Å². The molecule has 0 aliphatic carbocycles. The molecule has 1 aliphatic heterocycles. The molecule has 7 nitrogen and oxygen atoms in total. The summed E-state index contributed by atoms with van der Waals surface area (Å²) in [5.41, 5.74) is 3.90. The number of rotatable bonds is 7. The molecule has 0 spiro atoms. The molecule has 9 heteroatoms. The summed E-state index contributed by atoms with van der Waals surface area (Å²) in [6, 6.07) is 10.2. The first-order chi connectivity index (χ1) is 14.6. The van der Waals surface area contributed by atoms with Gasteiger partial charge in [-0.1, -0.05) is 35.2 Å². The summed E-state index contributed by atoms with van der Waals surface area (Å²) in [6.45, 7) is 8.09. The topological polar surface area (TPSA) is 74.5 Å². The summed E-state index contributed by atoms with van der Waals surface area (Å²) in [6.07, 6.45) is 1.64. The molecule has 158 valence electrons. The van der Waals surface area contributed by atoms with E-state index >= 15 is 0 Å². The molecule has 0 unspecified atom stereocenters. The van der Waals surface area contributed by atoms with Gasteiger partial charge in [-0.2, -0.15) is 0 Å². The Bertz CT molecular complexity index is 981. The van der Waals surface area contributed by atoms with Gasteiger partial charge in [-0.15, -0.1) is 10.2 Å². The van der Waals surface area contributed by atoms with E-state index in [9.17, 15) is 4.79 Å². The molecule has 3 aromatic rings. The number of anilines is 2. The molecule has 0 bridgehead atoms. The number of hydrogen-bond donors (Lipinski definition) is 1. The van der Waals surface area contributed by atoms with Crippen LogP contribution in [-0.2, 0) is 11.3 Å². The molecular weight excluding hydrogens is 418 g/mol. The largest absolute Gasteiger partial charge is 0.467 e. The standard InChI is InChI=1S/C21H25N5O2S2/c1-15-5-3-7-18(16(15)2)25-8-10-26(11-9-25)19(27)14-29-21-24-23-20(30-21)22-13-17-6-4-12-28-17/h3-7,12H,8-11,13-14H2,1-2H3,(H,22,23). The van der Waals surface area contributed by atoms with Crippen LogP contribution in [-0.4, -0.2) is 52.9 Å². The molecule has 1 saturated heterocycles. The molecule has 0 radical (unpaired) electrons. The molecule has 30 heavy (non-hydrogen) atoms. The predicted octanol–water partition coefficient (Wildman–Crippen LogP) is 3.80. The number of carbonyl (C=O) groups is 1. The van der Waals surface area contributed by atoms with Crippen LogP contribution >= 0.6 is 23.1 Å². The zero-order chi connectivity index (χ0) is 20.9. The van der Waals surface area contributed by atoms with Crippen LogP contribution in [0.2, 0.25) is 0 Å². The lowest BCUT2D eigenvalue weighted by Gasteiger charge is -2.37. The highest BCUT2D eigenvalue weighted by Crippen LogP contribution is 2.27. The maximum Gasteiger partial charge on any atom is 0.233 e. The number of aryl methyl sites for hydroxylation is 1. The van der Waals surface area contributed by atoms with Crippen molar-refractivity contribution in [2.75, 3.05) is 42.1 Å². The second-order valence-corrected chi connectivity index (χ2v) is 9.38. The van der Waals surface area contributed by atoms with Gasteiger partial charge >= 0.3 is 0 Å². The lowest BCUT2D eigenvalue weighted by Crippen LogP contribution is -2.49. The third-order valence-corrected chi connectivity index (χ3v) is 7.27. The first kappa shape index (κ1) is 20.7. The van der Waals surface area contributed by atoms with Gasteiger partial charge in [0.25, 0.3) is 0 Å². The third-order valence-electron chi connectivity index (χ3n) is 5.27. The Morgan fingerprint density at radius 3 is 2.77 bits per heavy atom. The van der Waals surface area contributed by atoms with Crippen LogP contribution in [0.15, 0.2) is 45.4 Å². The maximum absolute atomic E-state index is 12.6. The Morgan fingerprint density at radius 1 is 1.17 bits per heavy atom. The summed E-state index contributed by atoms with van der Waals surface area (Å²) in [5.74, 6) is 1.38. The van der Waals surface area contributed by atoms with Gasteiger partial charge in [0.15, 0.2) is 4.34 Å². The highest BCUT2D eigenvalue weighted by atomic mass is 32.2. The normalized spacial score (nSPS) is 14.2. The molecule has 2 aromatic heterocycles. The number of thioether (sulfide) groups is 1. The lowest BCUT2D eigenvalue weighted by atomic mass is 10.1. The van der Waals surface area contributed by atoms with E-state index in [0.717, 1.165) is 41.4 Å². The van der Waals surface area contributed by atoms with Crippen LogP contribution in [0.5, 0.6) is 0 Å². The smallest absolute Gasteiger partial charge is 0.233 e. The van der Waals surface area contributed by atoms with E-state index in [1.165, 1.54) is 39.9 Å². The molecule has 1 aliphatic rings. The van der Waals surface area contributed by atoms with Crippen molar-refractivity contribution in [1.82, 2.24) is 15.1 Å². The molecule has 3 heterocycles. The van der Waals surface area contributed by atoms with E-state index < -0.39 is 0 Å². The van der Waals surface area contributed by atoms with Gasteiger partial charge in [0, 0.05) is 31.9 Å². The maximum atomic E-state index is 12.6. The van der Waals surface area contributed by atoms with Gasteiger partial charge in [-0.25, -0.2) is 0 Å². The van der Waals surface area contributed by atoms with Crippen LogP contribution in [0.3, 0.4) is 0 Å². The van der Waals surface area contributed by atoms with Gasteiger partial charge in [0.2, 0.25) is 11.0 Å². The quantitative estimate of drug-likeness (QED) is 0.557. The molecule has 0 saturated carbocycles. The average Bonchev–Trinajstić information content (AvgIpc) is 3.44. The van der Waals surface area contributed by atoms with E-state index in [1.807, 2.05) is 17.0 Å². The Kier molecular flexibility index (Phi) is 6.59. The summed E-state index contributed by atoms with van der Waals surface area (Å²) in [4.78, 5) is 17.0. The number of nitrogens with one attached hydrogen (secondary N) is 1. The summed E-state index contributed by atoms with van der Waals surface area (Å²) < 4.78 is 6.08. The first-order valence-electron chi connectivity index (χ1n) is 9.91. The van der Waals surface area contributed by atoms with Crippen molar-refractivity contribution in [1.29, 1.82) is 0 Å². The Morgan fingerprint density at radius 2 is 2.00 bits per heavy atom. The van der Waals surface area contributed by atoms with Gasteiger partial charge in [0.05, 0.1) is 18.6 Å². The Balaban J connectivity index is 1.23. The lowest BCUT2D eigenvalue weighted by molar-refractivity contribution is -0.128. The average molecular weight is 444 g/mol. The van der Waals surface area contributed by atoms with Crippen molar-refractivity contribution in [3.63, 3.8) is 0 Å². The Labute approximate surface area is 184 Å². The molecule has 1 aromatic carbocycles. The predicted molar refractivity (Wildman–Crippen MR) is 121 cm³/mol. The number of amides is 1. The third kappa shape index (κ3) is 4.96. The summed E-state index contributed by atoms with van der Waals surface area (Å²) >= 11 is 2.90. The number of furan rings is 1. The number of hydrogen-bond acceptors (Lipinski definition) is 8. The molecule has 1 amide bonds. The van der Waals surface area contributed by atoms with Crippen LogP contribution in [0.25, 0.3) is 0 Å². The minimum absolute atomic E-state index is 0.154. The van der Waals surface area contributed by atoms with Crippen LogP contribution < -0.4 is 10.2 Å². The van der Waals surface area contributed by atoms with E-state index in [0.29, 0.717) is 12.3 Å². The SMILES string of the molecule is Cc1cccc(N2CCN(C(=O)CSc3nnc(NCc4ccco4)s3)CC2)c1C. The van der Waals surface area contributed by atoms with Crippen molar-refractivity contribution in [3.05, 3.63) is 53.5 Å². The van der Waals surface area contributed by atoms with Crippen molar-refractivity contribution in [2.45, 2.75) is 24.7 Å². The zero-order valence-electron chi connectivity index (χ0n) is 17.1. The second kappa shape index (κ2) is 9.53. The minimum Gasteiger partial charge on any atom is -0.467 e. The van der Waals surface area contributed by atoms with Crippen molar-refractivity contribution in [3.8, 4) is 0 Å². The van der Waals surface area contributed by atoms with Gasteiger partial charge < -0.3 is 19.5 Å². The summed E-state index contributed by atoms with van der Waals surface area (Å²) in [5, 5.41) is 12.2. The van der Waals surface area contributed by atoms with E-state index in [-0.39, 0.29) is 5.91 Å². The van der Waals surface area contributed by atoms with Crippen LogP contribution in [0, 0.1) is 13.8 Å². The van der Waals surface area contributed by atoms with Crippen molar-refractivity contribution < 1.29 is 9.21 Å². The zero-order valence-corrected chi connectivity index (χ0v) is 18.8. The summed E-state index contributed by atoms with van der Waals surface area (Å²) in [7, 11) is 0. The first-order valence-corrected chi connectivity index (χ1v) is 11.7. The fourth-order valence-corrected chi connectivity index (χ4v) is 5.06. The monoisotopic (exact) mass is 443 g/mol. The highest BCUT2D eigenvalue weighted by Gasteiger charge is 2.22. The number of aromatic nitrogens is 2. The highest BCUT2D eigenvalue weighted by molar-refractivity contribution is 8.01. The van der Waals surface area contributed by atoms with Crippen molar-refractivity contribution in [2.24, 2.45) is 0 Å². The number of benzene rings is 1. The number of piperazine rings is 1. The number of nitrogens with zero attached hydrogens (tertiary/aromatic N) is 4. The van der Waals surface area contributed by atoms with E-state index in [4.69, 9.17) is 4.42 Å². The van der Waals surface area contributed by atoms with Gasteiger partial charge in [-0.3, -0.25) is 4.79 Å². The Hall–Kier alpha value is -2.52. The molecule has 1 N–H and O–H groups in total. The molecule has 1 fully saturated rings. The minimum atomic E-state index is 0.154. The second-order valence-electron chi connectivity index (χ2n) is 7.18. The van der Waals surface area contributed by atoms with Crippen LogP contribution in [0.4, 0.5) is 10.8 Å². The van der Waals surface area contributed by atoms with Crippen LogP contribution in [0.1, 0.15) is 16.9 Å². The fourth-order valence-electron chi connectivity index (χ4n) is 3.41. The van der Waals surface area contributed by atoms with Gasteiger partial charge in [-0.05, 0) is 43.2 Å². The van der Waals surface area contributed by atoms with E-state index in [1.54, 1.807) is 6.26 Å². The molecule has 4 rings (SSSR count). The molecular formula is C21H25N5O2S2. The fraction of sp³-hybridized carbons (Fsp3) is 0.381. The molecule has 0 atom stereocenters. The van der Waals surface area contributed by atoms with Crippen molar-refractivity contribution >= 4 is 39.8 Å². The number of carbonyl (C=O) groups excluding carboxylic acids is 1.